The number of amides is 1. The monoisotopic (exact) mass is 329 g/mol. The van der Waals surface area contributed by atoms with Crippen LogP contribution in [0.4, 0.5) is 0 Å². The number of H-pyrrole nitrogens is 1. The van der Waals surface area contributed by atoms with Crippen molar-refractivity contribution in [3.8, 4) is 0 Å². The highest BCUT2D eigenvalue weighted by molar-refractivity contribution is 5.93. The topological polar surface area (TPSA) is 110 Å². The third-order valence-electron chi connectivity index (χ3n) is 3.82. The zero-order chi connectivity index (χ0) is 17.4. The summed E-state index contributed by atoms with van der Waals surface area (Å²) in [5.41, 5.74) is -0.531. The molecule has 126 valence electrons. The van der Waals surface area contributed by atoms with Gasteiger partial charge in [-0.1, -0.05) is 13.8 Å². The summed E-state index contributed by atoms with van der Waals surface area (Å²) >= 11 is 0. The van der Waals surface area contributed by atoms with Crippen LogP contribution in [0.25, 0.3) is 5.78 Å². The predicted molar refractivity (Wildman–Crippen MR) is 86.6 cm³/mol. The van der Waals surface area contributed by atoms with Gasteiger partial charge in [-0.3, -0.25) is 14.7 Å². The van der Waals surface area contributed by atoms with Gasteiger partial charge in [0.1, 0.15) is 17.2 Å². The number of aromatic amines is 1. The molecule has 0 aliphatic rings. The number of fused-ring (bicyclic) bond motifs is 1. The minimum atomic E-state index is -0.490. The maximum absolute atomic E-state index is 12.6. The summed E-state index contributed by atoms with van der Waals surface area (Å²) in [4.78, 5) is 37.5. The number of nitrogens with one attached hydrogen (secondary N) is 2. The third kappa shape index (κ3) is 2.68. The van der Waals surface area contributed by atoms with E-state index in [1.165, 1.54) is 6.20 Å². The first-order chi connectivity index (χ1) is 11.4. The molecule has 9 nitrogen and oxygen atoms in total. The highest BCUT2D eigenvalue weighted by atomic mass is 16.2. The summed E-state index contributed by atoms with van der Waals surface area (Å²) < 4.78 is 3.01. The molecule has 3 rings (SSSR count). The van der Waals surface area contributed by atoms with Crippen LogP contribution in [0.2, 0.25) is 0 Å². The molecule has 9 heteroatoms. The van der Waals surface area contributed by atoms with Crippen molar-refractivity contribution in [2.75, 3.05) is 0 Å². The molecule has 0 aromatic carbocycles. The summed E-state index contributed by atoms with van der Waals surface area (Å²) in [6.45, 7) is 5.67. The number of rotatable bonds is 4. The maximum Gasteiger partial charge on any atom is 0.286 e. The van der Waals surface area contributed by atoms with Gasteiger partial charge in [-0.15, -0.1) is 0 Å². The molecule has 0 bridgehead atoms. The van der Waals surface area contributed by atoms with Crippen molar-refractivity contribution in [2.24, 2.45) is 13.0 Å². The number of carbonyl (C=O) groups excluding carboxylic acids is 1. The first kappa shape index (κ1) is 15.9. The largest absolute Gasteiger partial charge is 0.342 e. The van der Waals surface area contributed by atoms with E-state index in [0.717, 1.165) is 10.3 Å². The Kier molecular flexibility index (Phi) is 3.92. The van der Waals surface area contributed by atoms with E-state index in [1.807, 2.05) is 31.7 Å². The van der Waals surface area contributed by atoms with E-state index in [0.29, 0.717) is 5.82 Å². The zero-order valence-corrected chi connectivity index (χ0v) is 13.9. The molecule has 3 heterocycles. The molecule has 0 radical (unpaired) electrons. The first-order valence-corrected chi connectivity index (χ1v) is 7.61. The Balaban J connectivity index is 1.95. The predicted octanol–water partition coefficient (Wildman–Crippen LogP) is 0.587. The average Bonchev–Trinajstić information content (AvgIpc) is 3.10. The highest BCUT2D eigenvalue weighted by Gasteiger charge is 2.24. The quantitative estimate of drug-likeness (QED) is 0.728. The molecular weight excluding hydrogens is 310 g/mol. The number of carbonyl (C=O) groups is 1. The summed E-state index contributed by atoms with van der Waals surface area (Å²) in [5.74, 6) is 1.12. The van der Waals surface area contributed by atoms with Crippen LogP contribution in [0, 0.1) is 12.8 Å². The van der Waals surface area contributed by atoms with Crippen LogP contribution in [0.3, 0.4) is 0 Å². The van der Waals surface area contributed by atoms with E-state index in [1.54, 1.807) is 13.1 Å². The lowest BCUT2D eigenvalue weighted by molar-refractivity contribution is 0.0920. The van der Waals surface area contributed by atoms with E-state index >= 15 is 0 Å². The van der Waals surface area contributed by atoms with Crippen LogP contribution in [0.1, 0.15) is 41.9 Å². The van der Waals surface area contributed by atoms with Crippen LogP contribution >= 0.6 is 0 Å². The Bertz CT molecular complexity index is 950. The van der Waals surface area contributed by atoms with Gasteiger partial charge >= 0.3 is 0 Å². The summed E-state index contributed by atoms with van der Waals surface area (Å²) in [6, 6.07) is -0.318. The van der Waals surface area contributed by atoms with Gasteiger partial charge in [0.2, 0.25) is 0 Å². The Labute approximate surface area is 137 Å². The lowest BCUT2D eigenvalue weighted by Crippen LogP contribution is -2.37. The van der Waals surface area contributed by atoms with Crippen molar-refractivity contribution in [2.45, 2.75) is 26.8 Å². The van der Waals surface area contributed by atoms with Gasteiger partial charge in [-0.2, -0.15) is 9.50 Å². The number of hydrogen-bond acceptors (Lipinski definition) is 5. The average molecular weight is 329 g/mol. The van der Waals surface area contributed by atoms with Crippen LogP contribution in [-0.4, -0.2) is 35.0 Å². The van der Waals surface area contributed by atoms with Gasteiger partial charge in [0.05, 0.1) is 6.04 Å². The Hall–Kier alpha value is -2.97. The van der Waals surface area contributed by atoms with Gasteiger partial charge in [-0.05, 0) is 12.8 Å². The van der Waals surface area contributed by atoms with Crippen molar-refractivity contribution in [1.82, 2.24) is 34.4 Å². The number of aromatic nitrogens is 6. The second-order valence-corrected chi connectivity index (χ2v) is 6.01. The molecule has 0 saturated carbocycles. The summed E-state index contributed by atoms with van der Waals surface area (Å²) in [6.07, 6.45) is 4.74. The molecule has 1 unspecified atom stereocenters. The van der Waals surface area contributed by atoms with E-state index in [2.05, 4.69) is 25.4 Å². The van der Waals surface area contributed by atoms with Crippen molar-refractivity contribution in [3.63, 3.8) is 0 Å². The molecule has 1 amide bonds. The number of hydrogen-bond donors (Lipinski definition) is 2. The van der Waals surface area contributed by atoms with E-state index in [-0.39, 0.29) is 23.3 Å². The molecule has 3 aromatic rings. The molecule has 24 heavy (non-hydrogen) atoms. The van der Waals surface area contributed by atoms with E-state index in [4.69, 9.17) is 0 Å². The molecule has 0 spiro atoms. The van der Waals surface area contributed by atoms with Crippen molar-refractivity contribution < 1.29 is 4.79 Å². The standard InChI is InChI=1S/C15H19N7O2/c1-8(2)11(12-16-5-6-21(12)4)19-13(23)10-7-17-15-18-9(3)20-22(15)14(10)24/h5-8,11H,1-4H3,(H,19,23)(H,17,18,20). The summed E-state index contributed by atoms with van der Waals surface area (Å²) in [5, 5.41) is 5.65. The Morgan fingerprint density at radius 2 is 2.08 bits per heavy atom. The first-order valence-electron chi connectivity index (χ1n) is 7.61. The summed E-state index contributed by atoms with van der Waals surface area (Å²) in [7, 11) is 1.86. The third-order valence-corrected chi connectivity index (χ3v) is 3.82. The number of imidazole rings is 1. The fourth-order valence-corrected chi connectivity index (χ4v) is 2.54. The van der Waals surface area contributed by atoms with Crippen LogP contribution < -0.4 is 10.9 Å². The van der Waals surface area contributed by atoms with Crippen molar-refractivity contribution in [1.29, 1.82) is 0 Å². The molecule has 0 saturated heterocycles. The normalized spacial score (nSPS) is 12.7. The van der Waals surface area contributed by atoms with Gasteiger partial charge in [-0.25, -0.2) is 9.97 Å². The molecule has 0 aliphatic heterocycles. The SMILES string of the molecule is Cc1nc2ncc(C(=O)NC(c3nccn3C)C(C)C)c(=O)n2[nH]1. The second-order valence-electron chi connectivity index (χ2n) is 6.01. The van der Waals surface area contributed by atoms with Crippen molar-refractivity contribution in [3.05, 3.63) is 46.2 Å². The molecule has 2 N–H and O–H groups in total. The van der Waals surface area contributed by atoms with Gasteiger partial charge in [0.25, 0.3) is 17.2 Å². The Morgan fingerprint density at radius 3 is 2.71 bits per heavy atom. The van der Waals surface area contributed by atoms with Crippen LogP contribution in [0.5, 0.6) is 0 Å². The van der Waals surface area contributed by atoms with Crippen molar-refractivity contribution >= 4 is 11.7 Å². The van der Waals surface area contributed by atoms with Crippen LogP contribution in [0.15, 0.2) is 23.4 Å². The highest BCUT2D eigenvalue weighted by Crippen LogP contribution is 2.19. The fourth-order valence-electron chi connectivity index (χ4n) is 2.54. The number of nitrogens with zero attached hydrogens (tertiary/aromatic N) is 5. The minimum absolute atomic E-state index is 0.0454. The molecule has 1 atom stereocenters. The minimum Gasteiger partial charge on any atom is -0.342 e. The Morgan fingerprint density at radius 1 is 1.33 bits per heavy atom. The van der Waals surface area contributed by atoms with Crippen LogP contribution in [-0.2, 0) is 7.05 Å². The molecular formula is C15H19N7O2. The molecule has 0 fully saturated rings. The zero-order valence-electron chi connectivity index (χ0n) is 13.9. The maximum atomic E-state index is 12.6. The fraction of sp³-hybridized carbons (Fsp3) is 0.400. The van der Waals surface area contributed by atoms with Gasteiger partial charge in [0.15, 0.2) is 0 Å². The smallest absolute Gasteiger partial charge is 0.286 e. The van der Waals surface area contributed by atoms with Gasteiger partial charge in [0, 0.05) is 25.6 Å². The number of aryl methyl sites for hydroxylation is 2. The lowest BCUT2D eigenvalue weighted by Gasteiger charge is -2.21. The second kappa shape index (κ2) is 5.91. The van der Waals surface area contributed by atoms with E-state index in [9.17, 15) is 9.59 Å². The molecule has 0 aliphatic carbocycles. The lowest BCUT2D eigenvalue weighted by atomic mass is 10.0. The van der Waals surface area contributed by atoms with E-state index < -0.39 is 11.5 Å². The molecule has 3 aromatic heterocycles. The van der Waals surface area contributed by atoms with Gasteiger partial charge < -0.3 is 9.88 Å².